The van der Waals surface area contributed by atoms with Gasteiger partial charge in [-0.25, -0.2) is 9.59 Å². The van der Waals surface area contributed by atoms with Crippen LogP contribution in [0.5, 0.6) is 0 Å². The number of esters is 2. The Morgan fingerprint density at radius 3 is 1.62 bits per heavy atom. The second-order valence-corrected chi connectivity index (χ2v) is 3.14. The first-order valence-corrected chi connectivity index (χ1v) is 4.46. The molecule has 2 unspecified atom stereocenters. The maximum absolute atomic E-state index is 11.5. The highest BCUT2D eigenvalue weighted by Crippen LogP contribution is 2.17. The SMILES string of the molecule is O=C1OC(O)C(O)OC(=O)c2ccccc21. The minimum atomic E-state index is -1.88. The summed E-state index contributed by atoms with van der Waals surface area (Å²) in [4.78, 5) is 22.9. The van der Waals surface area contributed by atoms with Crippen molar-refractivity contribution in [2.45, 2.75) is 12.6 Å². The Labute approximate surface area is 90.0 Å². The monoisotopic (exact) mass is 224 g/mol. The number of rotatable bonds is 0. The molecule has 0 saturated carbocycles. The highest BCUT2D eigenvalue weighted by Gasteiger charge is 2.31. The number of hydrogen-bond donors (Lipinski definition) is 2. The smallest absolute Gasteiger partial charge is 0.341 e. The first-order valence-electron chi connectivity index (χ1n) is 4.46. The lowest BCUT2D eigenvalue weighted by molar-refractivity contribution is -0.210. The van der Waals surface area contributed by atoms with Crippen LogP contribution in [0.2, 0.25) is 0 Å². The van der Waals surface area contributed by atoms with E-state index in [2.05, 4.69) is 9.47 Å². The lowest BCUT2D eigenvalue weighted by Crippen LogP contribution is -2.37. The summed E-state index contributed by atoms with van der Waals surface area (Å²) in [5, 5.41) is 18.3. The average Bonchev–Trinajstić information content (AvgIpc) is 2.27. The van der Waals surface area contributed by atoms with Gasteiger partial charge in [0, 0.05) is 0 Å². The number of aliphatic hydroxyl groups is 2. The number of cyclic esters (lactones) is 2. The van der Waals surface area contributed by atoms with Crippen LogP contribution in [0.1, 0.15) is 20.7 Å². The molecule has 2 N–H and O–H groups in total. The van der Waals surface area contributed by atoms with Gasteiger partial charge in [0.2, 0.25) is 0 Å². The van der Waals surface area contributed by atoms with E-state index in [-0.39, 0.29) is 11.1 Å². The zero-order valence-electron chi connectivity index (χ0n) is 7.99. The quantitative estimate of drug-likeness (QED) is 0.585. The third-order valence-corrected chi connectivity index (χ3v) is 2.07. The van der Waals surface area contributed by atoms with Crippen molar-refractivity contribution in [3.63, 3.8) is 0 Å². The minimum Gasteiger partial charge on any atom is -0.425 e. The van der Waals surface area contributed by atoms with Crippen LogP contribution in [-0.2, 0) is 9.47 Å². The maximum Gasteiger partial charge on any atom is 0.341 e. The molecule has 0 aromatic heterocycles. The van der Waals surface area contributed by atoms with E-state index in [4.69, 9.17) is 10.2 Å². The van der Waals surface area contributed by atoms with Crippen molar-refractivity contribution < 1.29 is 29.3 Å². The molecule has 0 bridgehead atoms. The van der Waals surface area contributed by atoms with Crippen molar-refractivity contribution in [2.75, 3.05) is 0 Å². The van der Waals surface area contributed by atoms with Crippen LogP contribution in [0.3, 0.4) is 0 Å². The van der Waals surface area contributed by atoms with Crippen LogP contribution >= 0.6 is 0 Å². The van der Waals surface area contributed by atoms with E-state index in [1.54, 1.807) is 0 Å². The number of benzene rings is 1. The van der Waals surface area contributed by atoms with Gasteiger partial charge in [0.15, 0.2) is 0 Å². The summed E-state index contributed by atoms with van der Waals surface area (Å²) >= 11 is 0. The van der Waals surface area contributed by atoms with E-state index in [1.165, 1.54) is 24.3 Å². The molecule has 1 aliphatic rings. The molecule has 1 aromatic carbocycles. The lowest BCUT2D eigenvalue weighted by atomic mass is 10.1. The first kappa shape index (κ1) is 10.6. The Hall–Kier alpha value is -1.92. The van der Waals surface area contributed by atoms with Crippen LogP contribution in [-0.4, -0.2) is 34.7 Å². The number of fused-ring (bicyclic) bond motifs is 1. The van der Waals surface area contributed by atoms with Crippen molar-refractivity contribution in [3.05, 3.63) is 35.4 Å². The van der Waals surface area contributed by atoms with E-state index in [1.807, 2.05) is 0 Å². The highest BCUT2D eigenvalue weighted by atomic mass is 16.7. The second kappa shape index (κ2) is 3.92. The largest absolute Gasteiger partial charge is 0.425 e. The molecule has 2 atom stereocenters. The Bertz CT molecular complexity index is 400. The number of carbonyl (C=O) groups is 2. The number of aliphatic hydroxyl groups excluding tert-OH is 2. The van der Waals surface area contributed by atoms with Crippen LogP contribution in [0.15, 0.2) is 24.3 Å². The summed E-state index contributed by atoms with van der Waals surface area (Å²) in [5.74, 6) is -1.78. The van der Waals surface area contributed by atoms with E-state index >= 15 is 0 Å². The number of ether oxygens (including phenoxy) is 2. The molecule has 1 aliphatic heterocycles. The lowest BCUT2D eigenvalue weighted by Gasteiger charge is -2.21. The summed E-state index contributed by atoms with van der Waals surface area (Å²) in [6.07, 6.45) is -3.77. The third kappa shape index (κ3) is 1.75. The fourth-order valence-electron chi connectivity index (χ4n) is 1.30. The van der Waals surface area contributed by atoms with Crippen molar-refractivity contribution in [3.8, 4) is 0 Å². The zero-order valence-corrected chi connectivity index (χ0v) is 7.99. The molecule has 0 saturated heterocycles. The van der Waals surface area contributed by atoms with Gasteiger partial charge in [-0.1, -0.05) is 12.1 Å². The van der Waals surface area contributed by atoms with Gasteiger partial charge in [-0.05, 0) is 12.1 Å². The molecule has 6 nitrogen and oxygen atoms in total. The Balaban J connectivity index is 2.47. The van der Waals surface area contributed by atoms with Crippen LogP contribution < -0.4 is 0 Å². The maximum atomic E-state index is 11.5. The van der Waals surface area contributed by atoms with Gasteiger partial charge in [-0.2, -0.15) is 0 Å². The Kier molecular flexibility index (Phi) is 2.59. The van der Waals surface area contributed by atoms with E-state index in [9.17, 15) is 9.59 Å². The predicted octanol–water partition coefficient (Wildman–Crippen LogP) is -0.349. The van der Waals surface area contributed by atoms with Gasteiger partial charge < -0.3 is 19.7 Å². The molecule has 0 aliphatic carbocycles. The van der Waals surface area contributed by atoms with Crippen molar-refractivity contribution in [1.29, 1.82) is 0 Å². The zero-order chi connectivity index (χ0) is 11.7. The topological polar surface area (TPSA) is 93.1 Å². The predicted molar refractivity (Wildman–Crippen MR) is 49.3 cm³/mol. The van der Waals surface area contributed by atoms with Crippen LogP contribution in [0.4, 0.5) is 0 Å². The summed E-state index contributed by atoms with van der Waals surface area (Å²) in [5.41, 5.74) is -0.0306. The van der Waals surface area contributed by atoms with Gasteiger partial charge >= 0.3 is 11.9 Å². The summed E-state index contributed by atoms with van der Waals surface area (Å²) in [6.45, 7) is 0. The van der Waals surface area contributed by atoms with E-state index in [0.717, 1.165) is 0 Å². The fourth-order valence-corrected chi connectivity index (χ4v) is 1.30. The van der Waals surface area contributed by atoms with Crippen LogP contribution in [0.25, 0.3) is 0 Å². The molecular formula is C10H8O6. The van der Waals surface area contributed by atoms with Crippen molar-refractivity contribution in [2.24, 2.45) is 0 Å². The Morgan fingerprint density at radius 1 is 0.875 bits per heavy atom. The normalized spacial score (nSPS) is 24.9. The van der Waals surface area contributed by atoms with Crippen molar-refractivity contribution >= 4 is 11.9 Å². The van der Waals surface area contributed by atoms with Gasteiger partial charge in [0.25, 0.3) is 12.6 Å². The van der Waals surface area contributed by atoms with Gasteiger partial charge in [0.1, 0.15) is 0 Å². The summed E-state index contributed by atoms with van der Waals surface area (Å²) in [6, 6.07) is 5.81. The molecule has 0 amide bonds. The number of carbonyl (C=O) groups excluding carboxylic acids is 2. The molecule has 84 valence electrons. The average molecular weight is 224 g/mol. The van der Waals surface area contributed by atoms with Gasteiger partial charge in [-0.3, -0.25) is 0 Å². The molecule has 6 heteroatoms. The van der Waals surface area contributed by atoms with Gasteiger partial charge in [-0.15, -0.1) is 0 Å². The highest BCUT2D eigenvalue weighted by molar-refractivity contribution is 6.03. The first-order chi connectivity index (χ1) is 7.59. The van der Waals surface area contributed by atoms with Crippen molar-refractivity contribution in [1.82, 2.24) is 0 Å². The minimum absolute atomic E-state index is 0.0153. The second-order valence-electron chi connectivity index (χ2n) is 3.14. The molecule has 1 aromatic rings. The summed E-state index contributed by atoms with van der Waals surface area (Å²) in [7, 11) is 0. The molecule has 1 heterocycles. The molecule has 16 heavy (non-hydrogen) atoms. The van der Waals surface area contributed by atoms with E-state index in [0.29, 0.717) is 0 Å². The third-order valence-electron chi connectivity index (χ3n) is 2.07. The molecular weight excluding hydrogens is 216 g/mol. The fraction of sp³-hybridized carbons (Fsp3) is 0.200. The van der Waals surface area contributed by atoms with Crippen LogP contribution in [0, 0.1) is 0 Å². The summed E-state index contributed by atoms with van der Waals surface area (Å²) < 4.78 is 8.94. The molecule has 0 fully saturated rings. The Morgan fingerprint density at radius 2 is 1.25 bits per heavy atom. The van der Waals surface area contributed by atoms with Gasteiger partial charge in [0.05, 0.1) is 11.1 Å². The van der Waals surface area contributed by atoms with E-state index < -0.39 is 24.5 Å². The standard InChI is InChI=1S/C10H8O6/c11-7-5-3-1-2-4-6(5)8(12)16-10(14)9(13)15-7/h1-4,9-10,13-14H. The number of hydrogen-bond acceptors (Lipinski definition) is 6. The molecule has 0 radical (unpaired) electrons. The molecule has 0 spiro atoms. The molecule has 2 rings (SSSR count).